The molecule has 1 aliphatic rings. The van der Waals surface area contributed by atoms with Gasteiger partial charge in [-0.2, -0.15) is 0 Å². The molecule has 1 amide bonds. The number of benzene rings is 1. The molecular formula is C17H26N2O. The summed E-state index contributed by atoms with van der Waals surface area (Å²) in [7, 11) is 1.67. The summed E-state index contributed by atoms with van der Waals surface area (Å²) in [6, 6.07) is 6.39. The Morgan fingerprint density at radius 1 is 1.20 bits per heavy atom. The van der Waals surface area contributed by atoms with E-state index in [4.69, 9.17) is 0 Å². The number of rotatable bonds is 3. The monoisotopic (exact) mass is 274 g/mol. The fourth-order valence-corrected chi connectivity index (χ4v) is 2.96. The highest BCUT2D eigenvalue weighted by molar-refractivity contribution is 5.95. The molecule has 3 nitrogen and oxygen atoms in total. The molecule has 0 heterocycles. The van der Waals surface area contributed by atoms with Crippen molar-refractivity contribution in [2.75, 3.05) is 12.4 Å². The Morgan fingerprint density at radius 2 is 1.95 bits per heavy atom. The van der Waals surface area contributed by atoms with Crippen LogP contribution in [0.4, 0.5) is 5.69 Å². The molecule has 0 radical (unpaired) electrons. The quantitative estimate of drug-likeness (QED) is 0.884. The summed E-state index contributed by atoms with van der Waals surface area (Å²) in [5.74, 6) is 1.56. The van der Waals surface area contributed by atoms with Crippen LogP contribution in [0.1, 0.15) is 49.0 Å². The predicted octanol–water partition coefficient (Wildman–Crippen LogP) is 3.59. The van der Waals surface area contributed by atoms with Crippen LogP contribution in [0.15, 0.2) is 18.2 Å². The summed E-state index contributed by atoms with van der Waals surface area (Å²) in [4.78, 5) is 11.7. The average molecular weight is 274 g/mol. The van der Waals surface area contributed by atoms with E-state index in [9.17, 15) is 4.79 Å². The SMILES string of the molecule is CNC(=O)c1ccc(C)c(NC2CCC(C)C(C)C2)c1. The summed E-state index contributed by atoms with van der Waals surface area (Å²) < 4.78 is 0. The smallest absolute Gasteiger partial charge is 0.251 e. The number of nitrogens with one attached hydrogen (secondary N) is 2. The largest absolute Gasteiger partial charge is 0.382 e. The lowest BCUT2D eigenvalue weighted by atomic mass is 9.79. The Bertz CT molecular complexity index is 484. The van der Waals surface area contributed by atoms with Gasteiger partial charge in [0.2, 0.25) is 0 Å². The van der Waals surface area contributed by atoms with Gasteiger partial charge in [0.15, 0.2) is 0 Å². The Labute approximate surface area is 122 Å². The van der Waals surface area contributed by atoms with Crippen molar-refractivity contribution >= 4 is 11.6 Å². The lowest BCUT2D eigenvalue weighted by Crippen LogP contribution is -2.30. The van der Waals surface area contributed by atoms with Gasteiger partial charge in [-0.25, -0.2) is 0 Å². The normalized spacial score (nSPS) is 26.1. The van der Waals surface area contributed by atoms with Crippen molar-refractivity contribution in [2.24, 2.45) is 11.8 Å². The van der Waals surface area contributed by atoms with E-state index in [0.717, 1.165) is 23.1 Å². The zero-order valence-corrected chi connectivity index (χ0v) is 13.0. The number of hydrogen-bond acceptors (Lipinski definition) is 2. The Hall–Kier alpha value is -1.51. The predicted molar refractivity (Wildman–Crippen MR) is 84.2 cm³/mol. The van der Waals surface area contributed by atoms with Crippen LogP contribution >= 0.6 is 0 Å². The first-order chi connectivity index (χ1) is 9.51. The van der Waals surface area contributed by atoms with Crippen molar-refractivity contribution < 1.29 is 4.79 Å². The Morgan fingerprint density at radius 3 is 2.60 bits per heavy atom. The highest BCUT2D eigenvalue weighted by atomic mass is 16.1. The summed E-state index contributed by atoms with van der Waals surface area (Å²) >= 11 is 0. The van der Waals surface area contributed by atoms with Crippen LogP contribution in [0.5, 0.6) is 0 Å². The highest BCUT2D eigenvalue weighted by Gasteiger charge is 2.24. The van der Waals surface area contributed by atoms with E-state index in [2.05, 4.69) is 31.4 Å². The number of aryl methyl sites for hydroxylation is 1. The minimum Gasteiger partial charge on any atom is -0.382 e. The molecule has 0 spiro atoms. The minimum absolute atomic E-state index is 0.0290. The molecule has 3 unspecified atom stereocenters. The molecule has 0 bridgehead atoms. The number of carbonyl (C=O) groups excluding carboxylic acids is 1. The molecule has 1 saturated carbocycles. The highest BCUT2D eigenvalue weighted by Crippen LogP contribution is 2.31. The molecule has 2 N–H and O–H groups in total. The van der Waals surface area contributed by atoms with Gasteiger partial charge in [0.1, 0.15) is 0 Å². The summed E-state index contributed by atoms with van der Waals surface area (Å²) in [5, 5.41) is 6.32. The molecule has 0 aliphatic heterocycles. The van der Waals surface area contributed by atoms with Crippen molar-refractivity contribution in [1.29, 1.82) is 0 Å². The van der Waals surface area contributed by atoms with E-state index >= 15 is 0 Å². The topological polar surface area (TPSA) is 41.1 Å². The number of amides is 1. The van der Waals surface area contributed by atoms with Gasteiger partial charge in [-0.3, -0.25) is 4.79 Å². The molecule has 3 atom stereocenters. The summed E-state index contributed by atoms with van der Waals surface area (Å²) in [5.41, 5.74) is 3.01. The molecule has 3 heteroatoms. The van der Waals surface area contributed by atoms with Crippen LogP contribution in [0, 0.1) is 18.8 Å². The second-order valence-electron chi connectivity index (χ2n) is 6.22. The maximum atomic E-state index is 11.7. The van der Waals surface area contributed by atoms with Gasteiger partial charge in [-0.1, -0.05) is 19.9 Å². The second kappa shape index (κ2) is 6.29. The van der Waals surface area contributed by atoms with Crippen molar-refractivity contribution in [3.8, 4) is 0 Å². The number of hydrogen-bond donors (Lipinski definition) is 2. The van der Waals surface area contributed by atoms with E-state index in [0.29, 0.717) is 6.04 Å². The first-order valence-electron chi connectivity index (χ1n) is 7.60. The molecule has 0 saturated heterocycles. The summed E-state index contributed by atoms with van der Waals surface area (Å²) in [6.45, 7) is 6.77. The Balaban J connectivity index is 2.10. The maximum absolute atomic E-state index is 11.7. The zero-order chi connectivity index (χ0) is 14.7. The van der Waals surface area contributed by atoms with Gasteiger partial charge < -0.3 is 10.6 Å². The molecule has 1 aromatic rings. The van der Waals surface area contributed by atoms with E-state index < -0.39 is 0 Å². The first-order valence-corrected chi connectivity index (χ1v) is 7.60. The second-order valence-corrected chi connectivity index (χ2v) is 6.22. The fraction of sp³-hybridized carbons (Fsp3) is 0.588. The van der Waals surface area contributed by atoms with Gasteiger partial charge in [-0.15, -0.1) is 0 Å². The summed E-state index contributed by atoms with van der Waals surface area (Å²) in [6.07, 6.45) is 3.72. The van der Waals surface area contributed by atoms with E-state index in [1.54, 1.807) is 7.05 Å². The maximum Gasteiger partial charge on any atom is 0.251 e. The van der Waals surface area contributed by atoms with Gasteiger partial charge in [0, 0.05) is 24.3 Å². The molecule has 20 heavy (non-hydrogen) atoms. The van der Waals surface area contributed by atoms with E-state index in [1.165, 1.54) is 24.8 Å². The van der Waals surface area contributed by atoms with Crippen LogP contribution in [-0.2, 0) is 0 Å². The Kier molecular flexibility index (Phi) is 4.69. The van der Waals surface area contributed by atoms with Crippen molar-refractivity contribution in [3.63, 3.8) is 0 Å². The van der Waals surface area contributed by atoms with E-state index in [-0.39, 0.29) is 5.91 Å². The van der Waals surface area contributed by atoms with Gasteiger partial charge >= 0.3 is 0 Å². The molecule has 110 valence electrons. The standard InChI is InChI=1S/C17H26N2O/c1-11-6-8-15(9-13(11)3)19-16-10-14(17(20)18-4)7-5-12(16)2/h5,7,10-11,13,15,19H,6,8-9H2,1-4H3,(H,18,20). The lowest BCUT2D eigenvalue weighted by molar-refractivity contribution is 0.0963. The third-order valence-corrected chi connectivity index (χ3v) is 4.68. The van der Waals surface area contributed by atoms with Crippen LogP contribution in [0.25, 0.3) is 0 Å². The van der Waals surface area contributed by atoms with Crippen LogP contribution < -0.4 is 10.6 Å². The minimum atomic E-state index is -0.0290. The molecule has 2 rings (SSSR count). The fourth-order valence-electron chi connectivity index (χ4n) is 2.96. The van der Waals surface area contributed by atoms with Crippen LogP contribution in [0.2, 0.25) is 0 Å². The first kappa shape index (κ1) is 14.9. The molecular weight excluding hydrogens is 248 g/mol. The molecule has 0 aromatic heterocycles. The number of carbonyl (C=O) groups is 1. The average Bonchev–Trinajstić information content (AvgIpc) is 2.44. The van der Waals surface area contributed by atoms with Gasteiger partial charge in [0.25, 0.3) is 5.91 Å². The van der Waals surface area contributed by atoms with E-state index in [1.807, 2.05) is 18.2 Å². The van der Waals surface area contributed by atoms with Gasteiger partial charge in [0.05, 0.1) is 0 Å². The third-order valence-electron chi connectivity index (χ3n) is 4.68. The molecule has 1 aromatic carbocycles. The van der Waals surface area contributed by atoms with Crippen LogP contribution in [-0.4, -0.2) is 19.0 Å². The van der Waals surface area contributed by atoms with Gasteiger partial charge in [-0.05, 0) is 55.7 Å². The third kappa shape index (κ3) is 3.33. The number of anilines is 1. The lowest BCUT2D eigenvalue weighted by Gasteiger charge is -2.33. The zero-order valence-electron chi connectivity index (χ0n) is 13.0. The van der Waals surface area contributed by atoms with Crippen LogP contribution in [0.3, 0.4) is 0 Å². The van der Waals surface area contributed by atoms with Crippen molar-refractivity contribution in [3.05, 3.63) is 29.3 Å². The van der Waals surface area contributed by atoms with Crippen molar-refractivity contribution in [2.45, 2.75) is 46.1 Å². The molecule has 1 aliphatic carbocycles. The molecule has 1 fully saturated rings. The van der Waals surface area contributed by atoms with Crippen molar-refractivity contribution in [1.82, 2.24) is 5.32 Å².